The lowest BCUT2D eigenvalue weighted by Gasteiger charge is -2.20. The van der Waals surface area contributed by atoms with Gasteiger partial charge in [0.05, 0.1) is 24.2 Å². The zero-order chi connectivity index (χ0) is 14.1. The zero-order valence-electron chi connectivity index (χ0n) is 12.6. The van der Waals surface area contributed by atoms with E-state index in [0.717, 1.165) is 43.9 Å². The largest absolute Gasteiger partial charge is 0.383 e. The second-order valence-corrected chi connectivity index (χ2v) is 4.77. The van der Waals surface area contributed by atoms with Crippen LogP contribution in [0, 0.1) is 0 Å². The van der Waals surface area contributed by atoms with E-state index >= 15 is 0 Å². The van der Waals surface area contributed by atoms with Crippen molar-refractivity contribution in [3.05, 3.63) is 24.0 Å². The van der Waals surface area contributed by atoms with E-state index in [1.165, 1.54) is 0 Å². The third-order valence-electron chi connectivity index (χ3n) is 3.25. The van der Waals surface area contributed by atoms with Crippen LogP contribution in [-0.4, -0.2) is 38.8 Å². The fraction of sp³-hybridized carbons (Fsp3) is 0.667. The lowest BCUT2D eigenvalue weighted by molar-refractivity contribution is 0.206. The third kappa shape index (κ3) is 5.17. The Balaban J connectivity index is 2.63. The highest BCUT2D eigenvalue weighted by atomic mass is 16.5. The molecule has 0 aliphatic rings. The molecule has 0 spiro atoms. The Labute approximate surface area is 117 Å². The zero-order valence-corrected chi connectivity index (χ0v) is 12.6. The van der Waals surface area contributed by atoms with Gasteiger partial charge in [0.2, 0.25) is 0 Å². The average molecular weight is 265 g/mol. The van der Waals surface area contributed by atoms with Crippen molar-refractivity contribution < 1.29 is 4.74 Å². The molecule has 0 bridgehead atoms. The Morgan fingerprint density at radius 2 is 2.16 bits per heavy atom. The Morgan fingerprint density at radius 3 is 2.68 bits per heavy atom. The average Bonchev–Trinajstić information content (AvgIpc) is 2.46. The van der Waals surface area contributed by atoms with Crippen molar-refractivity contribution in [1.29, 1.82) is 0 Å². The molecule has 19 heavy (non-hydrogen) atoms. The highest BCUT2D eigenvalue weighted by Crippen LogP contribution is 2.17. The molecule has 1 aromatic rings. The molecule has 0 saturated carbocycles. The van der Waals surface area contributed by atoms with Crippen LogP contribution in [0.5, 0.6) is 0 Å². The number of methoxy groups -OCH3 is 1. The summed E-state index contributed by atoms with van der Waals surface area (Å²) in [6.45, 7) is 7.01. The first-order valence-corrected chi connectivity index (χ1v) is 7.12. The van der Waals surface area contributed by atoms with Crippen molar-refractivity contribution in [2.45, 2.75) is 32.7 Å². The van der Waals surface area contributed by atoms with Crippen molar-refractivity contribution in [2.24, 2.45) is 0 Å². The van der Waals surface area contributed by atoms with Gasteiger partial charge >= 0.3 is 0 Å². The molecule has 0 radical (unpaired) electrons. The normalized spacial score (nSPS) is 12.4. The number of anilines is 1. The van der Waals surface area contributed by atoms with Crippen molar-refractivity contribution in [1.82, 2.24) is 10.3 Å². The minimum absolute atomic E-state index is 0.360. The van der Waals surface area contributed by atoms with Crippen LogP contribution in [0.25, 0.3) is 0 Å². The second-order valence-electron chi connectivity index (χ2n) is 4.77. The molecule has 0 aromatic carbocycles. The molecule has 0 aliphatic heterocycles. The van der Waals surface area contributed by atoms with Gasteiger partial charge in [-0.15, -0.1) is 0 Å². The minimum atomic E-state index is 0.360. The van der Waals surface area contributed by atoms with E-state index in [0.29, 0.717) is 6.04 Å². The maximum Gasteiger partial charge on any atom is 0.0637 e. The fourth-order valence-corrected chi connectivity index (χ4v) is 1.96. The number of pyridine rings is 1. The lowest BCUT2D eigenvalue weighted by atomic mass is 10.1. The van der Waals surface area contributed by atoms with Crippen LogP contribution in [0.2, 0.25) is 0 Å². The summed E-state index contributed by atoms with van der Waals surface area (Å²) in [7, 11) is 3.78. The second kappa shape index (κ2) is 8.88. The first-order valence-electron chi connectivity index (χ1n) is 7.12. The monoisotopic (exact) mass is 265 g/mol. The van der Waals surface area contributed by atoms with E-state index < -0.39 is 0 Å². The molecule has 1 heterocycles. The summed E-state index contributed by atoms with van der Waals surface area (Å²) in [6.07, 6.45) is 4.15. The van der Waals surface area contributed by atoms with Crippen molar-refractivity contribution in [3.8, 4) is 0 Å². The number of hydrogen-bond donors (Lipinski definition) is 1. The van der Waals surface area contributed by atoms with Gasteiger partial charge in [-0.05, 0) is 31.5 Å². The Hall–Kier alpha value is -1.13. The fourth-order valence-electron chi connectivity index (χ4n) is 1.96. The summed E-state index contributed by atoms with van der Waals surface area (Å²) in [4.78, 5) is 6.74. The van der Waals surface area contributed by atoms with Gasteiger partial charge in [0.25, 0.3) is 0 Å². The van der Waals surface area contributed by atoms with Gasteiger partial charge in [-0.3, -0.25) is 4.98 Å². The van der Waals surface area contributed by atoms with Crippen LogP contribution in [0.15, 0.2) is 18.3 Å². The van der Waals surface area contributed by atoms with E-state index in [2.05, 4.69) is 48.2 Å². The first-order chi connectivity index (χ1) is 9.22. The lowest BCUT2D eigenvalue weighted by Crippen LogP contribution is -2.24. The van der Waals surface area contributed by atoms with E-state index in [4.69, 9.17) is 4.74 Å². The van der Waals surface area contributed by atoms with Crippen LogP contribution in [0.4, 0.5) is 5.69 Å². The van der Waals surface area contributed by atoms with Crippen molar-refractivity contribution in [2.75, 3.05) is 38.8 Å². The minimum Gasteiger partial charge on any atom is -0.383 e. The molecule has 4 nitrogen and oxygen atoms in total. The molecule has 1 atom stereocenters. The predicted molar refractivity (Wildman–Crippen MR) is 80.7 cm³/mol. The molecule has 1 rings (SSSR count). The summed E-state index contributed by atoms with van der Waals surface area (Å²) in [5.74, 6) is 0. The number of hydrogen-bond acceptors (Lipinski definition) is 4. The number of likely N-dealkylation sites (N-methyl/N-ethyl adjacent to an activating group) is 1. The van der Waals surface area contributed by atoms with Gasteiger partial charge in [-0.1, -0.05) is 13.8 Å². The Bertz CT molecular complexity index is 340. The molecule has 1 N–H and O–H groups in total. The highest BCUT2D eigenvalue weighted by Gasteiger charge is 2.10. The molecule has 0 fully saturated rings. The molecular weight excluding hydrogens is 238 g/mol. The number of rotatable bonds is 9. The molecule has 0 saturated heterocycles. The quantitative estimate of drug-likeness (QED) is 0.745. The van der Waals surface area contributed by atoms with Gasteiger partial charge in [0, 0.05) is 26.7 Å². The topological polar surface area (TPSA) is 37.4 Å². The SMILES string of the molecule is CCCNC(CC)c1ccc(N(C)CCOC)cn1. The molecule has 108 valence electrons. The molecule has 1 unspecified atom stereocenters. The van der Waals surface area contributed by atoms with Crippen LogP contribution in [0.1, 0.15) is 38.4 Å². The smallest absolute Gasteiger partial charge is 0.0637 e. The van der Waals surface area contributed by atoms with Gasteiger partial charge < -0.3 is 15.0 Å². The van der Waals surface area contributed by atoms with E-state index in [9.17, 15) is 0 Å². The van der Waals surface area contributed by atoms with E-state index in [1.807, 2.05) is 6.20 Å². The van der Waals surface area contributed by atoms with Gasteiger partial charge in [-0.2, -0.15) is 0 Å². The van der Waals surface area contributed by atoms with E-state index in [-0.39, 0.29) is 0 Å². The van der Waals surface area contributed by atoms with Crippen LogP contribution in [-0.2, 0) is 4.74 Å². The van der Waals surface area contributed by atoms with Gasteiger partial charge in [-0.25, -0.2) is 0 Å². The highest BCUT2D eigenvalue weighted by molar-refractivity contribution is 5.43. The third-order valence-corrected chi connectivity index (χ3v) is 3.25. The number of ether oxygens (including phenoxy) is 1. The summed E-state index contributed by atoms with van der Waals surface area (Å²) in [6, 6.07) is 4.61. The van der Waals surface area contributed by atoms with Crippen molar-refractivity contribution >= 4 is 5.69 Å². The number of nitrogens with one attached hydrogen (secondary N) is 1. The summed E-state index contributed by atoms with van der Waals surface area (Å²) in [5.41, 5.74) is 2.26. The van der Waals surface area contributed by atoms with Crippen LogP contribution >= 0.6 is 0 Å². The predicted octanol–water partition coefficient (Wildman–Crippen LogP) is 2.61. The summed E-state index contributed by atoms with van der Waals surface area (Å²) >= 11 is 0. The molecule has 0 aliphatic carbocycles. The van der Waals surface area contributed by atoms with Gasteiger partial charge in [0.1, 0.15) is 0 Å². The maximum atomic E-state index is 5.09. The molecular formula is C15H27N3O. The van der Waals surface area contributed by atoms with Crippen LogP contribution in [0.3, 0.4) is 0 Å². The standard InChI is InChI=1S/C15H27N3O/c1-5-9-16-14(6-2)15-8-7-13(12-17-15)18(3)10-11-19-4/h7-8,12,14,16H,5-6,9-11H2,1-4H3. The number of nitrogens with zero attached hydrogens (tertiary/aromatic N) is 2. The Kier molecular flexibility index (Phi) is 7.45. The maximum absolute atomic E-state index is 5.09. The molecule has 1 aromatic heterocycles. The van der Waals surface area contributed by atoms with Crippen LogP contribution < -0.4 is 10.2 Å². The van der Waals surface area contributed by atoms with Gasteiger partial charge in [0.15, 0.2) is 0 Å². The molecule has 4 heteroatoms. The Morgan fingerprint density at radius 1 is 1.37 bits per heavy atom. The molecule has 0 amide bonds. The van der Waals surface area contributed by atoms with Crippen molar-refractivity contribution in [3.63, 3.8) is 0 Å². The summed E-state index contributed by atoms with van der Waals surface area (Å²) < 4.78 is 5.09. The first kappa shape index (κ1) is 15.9. The van der Waals surface area contributed by atoms with E-state index in [1.54, 1.807) is 7.11 Å². The number of aromatic nitrogens is 1. The summed E-state index contributed by atoms with van der Waals surface area (Å²) in [5, 5.41) is 3.52.